The molecule has 0 fully saturated rings. The van der Waals surface area contributed by atoms with Gasteiger partial charge in [-0.2, -0.15) is 0 Å². The highest BCUT2D eigenvalue weighted by atomic mass is 16.5. The molecule has 1 aromatic rings. The van der Waals surface area contributed by atoms with Crippen molar-refractivity contribution in [3.8, 4) is 17.6 Å². The summed E-state index contributed by atoms with van der Waals surface area (Å²) in [5.41, 5.74) is 1.80. The molecule has 2 heteroatoms. The Kier molecular flexibility index (Phi) is 4.60. The highest BCUT2D eigenvalue weighted by Crippen LogP contribution is 2.19. The molecule has 0 amide bonds. The Balaban J connectivity index is 2.89. The Morgan fingerprint density at radius 3 is 2.75 bits per heavy atom. The van der Waals surface area contributed by atoms with Gasteiger partial charge in [0.05, 0.1) is 0 Å². The molecule has 0 spiro atoms. The number of hydrogen-bond acceptors (Lipinski definition) is 2. The molecule has 0 radical (unpaired) electrons. The van der Waals surface area contributed by atoms with Crippen LogP contribution < -0.4 is 4.74 Å². The first-order chi connectivity index (χ1) is 7.69. The van der Waals surface area contributed by atoms with Crippen LogP contribution in [0.5, 0.6) is 5.75 Å². The van der Waals surface area contributed by atoms with Crippen LogP contribution >= 0.6 is 0 Å². The second kappa shape index (κ2) is 5.97. The molecule has 1 rings (SSSR count). The van der Waals surface area contributed by atoms with Gasteiger partial charge in [-0.25, -0.2) is 0 Å². The van der Waals surface area contributed by atoms with Gasteiger partial charge in [-0.3, -0.25) is 4.79 Å². The van der Waals surface area contributed by atoms with Crippen molar-refractivity contribution in [2.45, 2.75) is 27.2 Å². The Labute approximate surface area is 96.6 Å². The van der Waals surface area contributed by atoms with E-state index in [4.69, 9.17) is 4.74 Å². The van der Waals surface area contributed by atoms with Crippen LogP contribution in [-0.4, -0.2) is 12.4 Å². The number of Topliss-reactive ketones (excluding diaryl/α,β-unsaturated/α-hetero) is 1. The zero-order valence-corrected chi connectivity index (χ0v) is 9.96. The monoisotopic (exact) mass is 216 g/mol. The van der Waals surface area contributed by atoms with E-state index in [9.17, 15) is 4.79 Å². The van der Waals surface area contributed by atoms with Crippen molar-refractivity contribution >= 4 is 5.78 Å². The van der Waals surface area contributed by atoms with Crippen LogP contribution in [0.1, 0.15) is 36.7 Å². The summed E-state index contributed by atoms with van der Waals surface area (Å²) >= 11 is 0. The maximum atomic E-state index is 11.3. The molecular formula is C14H16O2. The number of ketones is 1. The molecule has 0 unspecified atom stereocenters. The Morgan fingerprint density at radius 2 is 2.19 bits per heavy atom. The van der Waals surface area contributed by atoms with Gasteiger partial charge in [0.15, 0.2) is 5.78 Å². The fraction of sp³-hybridized carbons (Fsp3) is 0.357. The molecule has 2 nitrogen and oxygen atoms in total. The molecule has 0 heterocycles. The van der Waals surface area contributed by atoms with Gasteiger partial charge in [0.2, 0.25) is 0 Å². The first-order valence-electron chi connectivity index (χ1n) is 5.35. The minimum atomic E-state index is 0.0942. The molecule has 1 aromatic carbocycles. The lowest BCUT2D eigenvalue weighted by molar-refractivity contribution is 0.101. The lowest BCUT2D eigenvalue weighted by Crippen LogP contribution is -2.00. The molecule has 0 aliphatic carbocycles. The molecule has 0 N–H and O–H groups in total. The number of rotatable bonds is 4. The van der Waals surface area contributed by atoms with Gasteiger partial charge in [0.1, 0.15) is 12.4 Å². The van der Waals surface area contributed by atoms with Crippen molar-refractivity contribution in [2.24, 2.45) is 0 Å². The number of benzene rings is 1. The molecule has 0 aliphatic rings. The summed E-state index contributed by atoms with van der Waals surface area (Å²) in [6, 6.07) is 5.54. The molecule has 0 saturated carbocycles. The quantitative estimate of drug-likeness (QED) is 0.571. The highest BCUT2D eigenvalue weighted by molar-refractivity contribution is 5.95. The van der Waals surface area contributed by atoms with Gasteiger partial charge in [-0.05, 0) is 44.0 Å². The number of carbonyl (C=O) groups is 1. The summed E-state index contributed by atoms with van der Waals surface area (Å²) in [4.78, 5) is 11.3. The second-order valence-corrected chi connectivity index (χ2v) is 3.44. The van der Waals surface area contributed by atoms with E-state index in [1.807, 2.05) is 25.1 Å². The number of hydrogen-bond donors (Lipinski definition) is 0. The third-order valence-electron chi connectivity index (χ3n) is 2.32. The van der Waals surface area contributed by atoms with Gasteiger partial charge in [-0.15, -0.1) is 5.92 Å². The number of carbonyl (C=O) groups excluding carboxylic acids is 1. The largest absolute Gasteiger partial charge is 0.481 e. The van der Waals surface area contributed by atoms with Crippen LogP contribution in [0.15, 0.2) is 18.2 Å². The smallest absolute Gasteiger partial charge is 0.160 e. The van der Waals surface area contributed by atoms with E-state index >= 15 is 0 Å². The molecule has 16 heavy (non-hydrogen) atoms. The van der Waals surface area contributed by atoms with Crippen LogP contribution in [0.4, 0.5) is 0 Å². The van der Waals surface area contributed by atoms with Gasteiger partial charge < -0.3 is 4.74 Å². The second-order valence-electron chi connectivity index (χ2n) is 3.44. The summed E-state index contributed by atoms with van der Waals surface area (Å²) < 4.78 is 5.44. The van der Waals surface area contributed by atoms with Crippen molar-refractivity contribution in [1.29, 1.82) is 0 Å². The van der Waals surface area contributed by atoms with Gasteiger partial charge in [0, 0.05) is 5.56 Å². The minimum absolute atomic E-state index is 0.0942. The van der Waals surface area contributed by atoms with Crippen LogP contribution in [0.3, 0.4) is 0 Å². The number of aryl methyl sites for hydroxylation is 1. The Morgan fingerprint density at radius 1 is 1.44 bits per heavy atom. The highest BCUT2D eigenvalue weighted by Gasteiger charge is 2.06. The fourth-order valence-electron chi connectivity index (χ4n) is 1.49. The predicted octanol–water partition coefficient (Wildman–Crippen LogP) is 2.85. The van der Waals surface area contributed by atoms with E-state index in [2.05, 4.69) is 11.8 Å². The van der Waals surface area contributed by atoms with Crippen molar-refractivity contribution in [2.75, 3.05) is 6.61 Å². The summed E-state index contributed by atoms with van der Waals surface area (Å²) in [5.74, 6) is 6.46. The Hall–Kier alpha value is -1.75. The van der Waals surface area contributed by atoms with E-state index in [-0.39, 0.29) is 5.78 Å². The SMILES string of the molecule is CC#CCOc1ccc(C(C)=O)c(CC)c1. The van der Waals surface area contributed by atoms with Crippen LogP contribution in [-0.2, 0) is 6.42 Å². The van der Waals surface area contributed by atoms with E-state index in [0.717, 1.165) is 23.3 Å². The summed E-state index contributed by atoms with van der Waals surface area (Å²) in [6.07, 6.45) is 0.825. The molecule has 0 saturated heterocycles. The average Bonchev–Trinajstić information content (AvgIpc) is 2.29. The maximum Gasteiger partial charge on any atom is 0.160 e. The van der Waals surface area contributed by atoms with Gasteiger partial charge in [-0.1, -0.05) is 12.8 Å². The normalized spacial score (nSPS) is 9.19. The standard InChI is InChI=1S/C14H16O2/c1-4-6-9-16-13-7-8-14(11(3)15)12(5-2)10-13/h7-8,10H,5,9H2,1-3H3. The first kappa shape index (κ1) is 12.3. The number of ether oxygens (including phenoxy) is 1. The molecule has 0 aromatic heterocycles. The first-order valence-corrected chi connectivity index (χ1v) is 5.35. The molecule has 0 aliphatic heterocycles. The third kappa shape index (κ3) is 3.13. The molecule has 84 valence electrons. The van der Waals surface area contributed by atoms with E-state index in [0.29, 0.717) is 6.61 Å². The van der Waals surface area contributed by atoms with Crippen LogP contribution in [0, 0.1) is 11.8 Å². The van der Waals surface area contributed by atoms with Crippen LogP contribution in [0.25, 0.3) is 0 Å². The minimum Gasteiger partial charge on any atom is -0.481 e. The van der Waals surface area contributed by atoms with Crippen molar-refractivity contribution < 1.29 is 9.53 Å². The fourth-order valence-corrected chi connectivity index (χ4v) is 1.49. The van der Waals surface area contributed by atoms with Crippen molar-refractivity contribution in [1.82, 2.24) is 0 Å². The summed E-state index contributed by atoms with van der Waals surface area (Å²) in [5, 5.41) is 0. The van der Waals surface area contributed by atoms with Gasteiger partial charge >= 0.3 is 0 Å². The van der Waals surface area contributed by atoms with Crippen LogP contribution in [0.2, 0.25) is 0 Å². The lowest BCUT2D eigenvalue weighted by Gasteiger charge is -2.08. The van der Waals surface area contributed by atoms with E-state index < -0.39 is 0 Å². The predicted molar refractivity (Wildman–Crippen MR) is 64.8 cm³/mol. The molecule has 0 bridgehead atoms. The van der Waals surface area contributed by atoms with E-state index in [1.54, 1.807) is 13.8 Å². The zero-order chi connectivity index (χ0) is 12.0. The Bertz CT molecular complexity index is 436. The molecule has 0 atom stereocenters. The van der Waals surface area contributed by atoms with Gasteiger partial charge in [0.25, 0.3) is 0 Å². The lowest BCUT2D eigenvalue weighted by atomic mass is 10.0. The average molecular weight is 216 g/mol. The summed E-state index contributed by atoms with van der Waals surface area (Å²) in [7, 11) is 0. The third-order valence-corrected chi connectivity index (χ3v) is 2.32. The van der Waals surface area contributed by atoms with E-state index in [1.165, 1.54) is 0 Å². The zero-order valence-electron chi connectivity index (χ0n) is 9.96. The maximum absolute atomic E-state index is 11.3. The topological polar surface area (TPSA) is 26.3 Å². The van der Waals surface area contributed by atoms with Crippen molar-refractivity contribution in [3.63, 3.8) is 0 Å². The van der Waals surface area contributed by atoms with Crippen molar-refractivity contribution in [3.05, 3.63) is 29.3 Å². The molecular weight excluding hydrogens is 200 g/mol. The summed E-state index contributed by atoms with van der Waals surface area (Å²) in [6.45, 7) is 5.77.